The van der Waals surface area contributed by atoms with Gasteiger partial charge < -0.3 is 5.32 Å². The van der Waals surface area contributed by atoms with Crippen LogP contribution >= 0.6 is 34.5 Å². The number of nitrogens with zero attached hydrogens (tertiary/aromatic N) is 2. The van der Waals surface area contributed by atoms with Gasteiger partial charge in [0.15, 0.2) is 5.13 Å². The van der Waals surface area contributed by atoms with Crippen molar-refractivity contribution < 1.29 is 0 Å². The molecule has 1 saturated carbocycles. The molecule has 1 aliphatic rings. The van der Waals surface area contributed by atoms with Crippen LogP contribution in [-0.2, 0) is 0 Å². The highest BCUT2D eigenvalue weighted by molar-refractivity contribution is 7.16. The summed E-state index contributed by atoms with van der Waals surface area (Å²) >= 11 is 14.1. The van der Waals surface area contributed by atoms with Crippen LogP contribution in [0.15, 0.2) is 42.7 Å². The van der Waals surface area contributed by atoms with Gasteiger partial charge in [0.05, 0.1) is 10.7 Å². The molecule has 3 aromatic rings. The molecule has 0 aliphatic heterocycles. The van der Waals surface area contributed by atoms with Crippen LogP contribution in [0.5, 0.6) is 0 Å². The molecule has 0 saturated heterocycles. The molecule has 2 heterocycles. The average Bonchev–Trinajstić information content (AvgIpc) is 3.45. The number of anilines is 1. The summed E-state index contributed by atoms with van der Waals surface area (Å²) in [6.45, 7) is 4.32. The Bertz CT molecular complexity index is 954. The van der Waals surface area contributed by atoms with Crippen LogP contribution in [0.1, 0.15) is 42.5 Å². The molecule has 2 unspecified atom stereocenters. The van der Waals surface area contributed by atoms with E-state index in [2.05, 4.69) is 30.2 Å². The number of thiazole rings is 1. The Morgan fingerprint density at radius 2 is 2.07 bits per heavy atom. The number of hydrogen-bond donors (Lipinski definition) is 1. The lowest BCUT2D eigenvalue weighted by atomic mass is 9.86. The number of rotatable bonds is 7. The molecular formula is C22H23Cl2N3S. The Kier molecular flexibility index (Phi) is 5.91. The van der Waals surface area contributed by atoms with Gasteiger partial charge in [-0.2, -0.15) is 0 Å². The largest absolute Gasteiger partial charge is 0.358 e. The van der Waals surface area contributed by atoms with E-state index >= 15 is 0 Å². The SMILES string of the molecule is CCC(Nc1nc(-c2ccc(Cl)cc2Cl)c(C)s1)C(c1cccnc1)C1CC1. The maximum Gasteiger partial charge on any atom is 0.183 e. The molecule has 2 aromatic heterocycles. The smallest absolute Gasteiger partial charge is 0.183 e. The van der Waals surface area contributed by atoms with Crippen molar-refractivity contribution in [2.75, 3.05) is 5.32 Å². The van der Waals surface area contributed by atoms with E-state index in [1.54, 1.807) is 17.4 Å². The molecule has 1 aromatic carbocycles. The van der Waals surface area contributed by atoms with Crippen LogP contribution in [0.4, 0.5) is 5.13 Å². The second-order valence-electron chi connectivity index (χ2n) is 7.36. The van der Waals surface area contributed by atoms with Gasteiger partial charge in [-0.15, -0.1) is 11.3 Å². The van der Waals surface area contributed by atoms with Crippen LogP contribution < -0.4 is 5.32 Å². The number of benzene rings is 1. The number of pyridine rings is 1. The fourth-order valence-electron chi connectivity index (χ4n) is 3.86. The van der Waals surface area contributed by atoms with E-state index in [0.717, 1.165) is 33.6 Å². The van der Waals surface area contributed by atoms with Crippen molar-refractivity contribution >= 4 is 39.7 Å². The zero-order chi connectivity index (χ0) is 19.7. The lowest BCUT2D eigenvalue weighted by Gasteiger charge is -2.27. The summed E-state index contributed by atoms with van der Waals surface area (Å²) in [6.07, 6.45) is 7.47. The highest BCUT2D eigenvalue weighted by atomic mass is 35.5. The minimum atomic E-state index is 0.329. The van der Waals surface area contributed by atoms with Crippen LogP contribution in [0, 0.1) is 12.8 Å². The summed E-state index contributed by atoms with van der Waals surface area (Å²) in [5, 5.41) is 5.93. The molecule has 0 spiro atoms. The summed E-state index contributed by atoms with van der Waals surface area (Å²) in [6, 6.07) is 10.1. The van der Waals surface area contributed by atoms with Gasteiger partial charge >= 0.3 is 0 Å². The van der Waals surface area contributed by atoms with E-state index in [9.17, 15) is 0 Å². The first kappa shape index (κ1) is 19.7. The van der Waals surface area contributed by atoms with E-state index < -0.39 is 0 Å². The summed E-state index contributed by atoms with van der Waals surface area (Å²) in [7, 11) is 0. The number of nitrogens with one attached hydrogen (secondary N) is 1. The molecule has 4 rings (SSSR count). The average molecular weight is 432 g/mol. The Balaban J connectivity index is 1.61. The van der Waals surface area contributed by atoms with Gasteiger partial charge in [0, 0.05) is 39.8 Å². The third kappa shape index (κ3) is 4.19. The van der Waals surface area contributed by atoms with E-state index in [4.69, 9.17) is 28.2 Å². The second-order valence-corrected chi connectivity index (χ2v) is 9.40. The number of halogens is 2. The standard InChI is InChI=1S/C22H23Cl2N3S/c1-3-19(20(14-6-7-14)15-5-4-10-25-12-15)26-22-27-21(13(2)28-22)17-9-8-16(23)11-18(17)24/h4-5,8-12,14,19-20H,3,6-7H2,1-2H3,(H,26,27). The van der Waals surface area contributed by atoms with Gasteiger partial charge in [-0.05, 0) is 61.9 Å². The molecule has 0 radical (unpaired) electrons. The summed E-state index contributed by atoms with van der Waals surface area (Å²) < 4.78 is 0. The zero-order valence-corrected chi connectivity index (χ0v) is 18.3. The van der Waals surface area contributed by atoms with Crippen molar-refractivity contribution in [2.24, 2.45) is 5.92 Å². The molecular weight excluding hydrogens is 409 g/mol. The van der Waals surface area contributed by atoms with Crippen LogP contribution in [0.2, 0.25) is 10.0 Å². The van der Waals surface area contributed by atoms with E-state index in [1.807, 2.05) is 30.6 Å². The minimum Gasteiger partial charge on any atom is -0.358 e. The van der Waals surface area contributed by atoms with Crippen molar-refractivity contribution in [3.63, 3.8) is 0 Å². The van der Waals surface area contributed by atoms with Crippen molar-refractivity contribution in [1.29, 1.82) is 0 Å². The molecule has 6 heteroatoms. The lowest BCUT2D eigenvalue weighted by Crippen LogP contribution is -2.28. The van der Waals surface area contributed by atoms with Crippen LogP contribution in [0.25, 0.3) is 11.3 Å². The van der Waals surface area contributed by atoms with Gasteiger partial charge in [-0.1, -0.05) is 36.2 Å². The lowest BCUT2D eigenvalue weighted by molar-refractivity contribution is 0.496. The van der Waals surface area contributed by atoms with Crippen LogP contribution in [0.3, 0.4) is 0 Å². The van der Waals surface area contributed by atoms with Gasteiger partial charge in [0.25, 0.3) is 0 Å². The first-order chi connectivity index (χ1) is 13.6. The number of hydrogen-bond acceptors (Lipinski definition) is 4. The molecule has 146 valence electrons. The van der Waals surface area contributed by atoms with Gasteiger partial charge in [-0.3, -0.25) is 4.98 Å². The summed E-state index contributed by atoms with van der Waals surface area (Å²) in [5.74, 6) is 1.19. The number of aryl methyl sites for hydroxylation is 1. The van der Waals surface area contributed by atoms with E-state index in [1.165, 1.54) is 18.4 Å². The predicted molar refractivity (Wildman–Crippen MR) is 120 cm³/mol. The Hall–Kier alpha value is -1.62. The molecule has 3 nitrogen and oxygen atoms in total. The minimum absolute atomic E-state index is 0.329. The fraction of sp³-hybridized carbons (Fsp3) is 0.364. The third-order valence-electron chi connectivity index (χ3n) is 5.36. The molecule has 28 heavy (non-hydrogen) atoms. The van der Waals surface area contributed by atoms with Crippen molar-refractivity contribution in [3.8, 4) is 11.3 Å². The van der Waals surface area contributed by atoms with Gasteiger partial charge in [-0.25, -0.2) is 4.98 Å². The van der Waals surface area contributed by atoms with Gasteiger partial charge in [0.2, 0.25) is 0 Å². The fourth-order valence-corrected chi connectivity index (χ4v) is 5.24. The van der Waals surface area contributed by atoms with E-state index in [0.29, 0.717) is 22.0 Å². The quantitative estimate of drug-likeness (QED) is 0.429. The Morgan fingerprint density at radius 3 is 2.71 bits per heavy atom. The summed E-state index contributed by atoms with van der Waals surface area (Å²) in [5.41, 5.74) is 3.17. The van der Waals surface area contributed by atoms with Crippen molar-refractivity contribution in [2.45, 2.75) is 45.1 Å². The molecule has 0 amide bonds. The van der Waals surface area contributed by atoms with Crippen molar-refractivity contribution in [1.82, 2.24) is 9.97 Å². The molecule has 1 N–H and O–H groups in total. The monoisotopic (exact) mass is 431 g/mol. The molecule has 1 fully saturated rings. The maximum absolute atomic E-state index is 6.41. The Morgan fingerprint density at radius 1 is 1.25 bits per heavy atom. The first-order valence-electron chi connectivity index (χ1n) is 9.66. The third-order valence-corrected chi connectivity index (χ3v) is 6.81. The first-order valence-corrected chi connectivity index (χ1v) is 11.2. The highest BCUT2D eigenvalue weighted by Crippen LogP contribution is 2.46. The van der Waals surface area contributed by atoms with Crippen LogP contribution in [-0.4, -0.2) is 16.0 Å². The van der Waals surface area contributed by atoms with E-state index in [-0.39, 0.29) is 0 Å². The van der Waals surface area contributed by atoms with Crippen molar-refractivity contribution in [3.05, 3.63) is 63.2 Å². The Labute approximate surface area is 180 Å². The summed E-state index contributed by atoms with van der Waals surface area (Å²) in [4.78, 5) is 10.4. The predicted octanol–water partition coefficient (Wildman–Crippen LogP) is 7.20. The molecule has 2 atom stereocenters. The molecule has 0 bridgehead atoms. The molecule has 1 aliphatic carbocycles. The van der Waals surface area contributed by atoms with Gasteiger partial charge in [0.1, 0.15) is 0 Å². The normalized spacial score (nSPS) is 16.0. The second kappa shape index (κ2) is 8.40. The topological polar surface area (TPSA) is 37.8 Å². The zero-order valence-electron chi connectivity index (χ0n) is 16.0. The maximum atomic E-state index is 6.41. The number of aromatic nitrogens is 2. The highest BCUT2D eigenvalue weighted by Gasteiger charge is 2.37.